The predicted molar refractivity (Wildman–Crippen MR) is 74.0 cm³/mol. The van der Waals surface area contributed by atoms with Gasteiger partial charge in [0.1, 0.15) is 0 Å². The van der Waals surface area contributed by atoms with Gasteiger partial charge in [0.15, 0.2) is 0 Å². The van der Waals surface area contributed by atoms with Crippen molar-refractivity contribution >= 4 is 31.9 Å². The summed E-state index contributed by atoms with van der Waals surface area (Å²) in [6, 6.07) is 1.32. The van der Waals surface area contributed by atoms with E-state index in [9.17, 15) is 13.2 Å². The molecule has 2 rings (SSSR count). The quantitative estimate of drug-likeness (QED) is 0.872. The van der Waals surface area contributed by atoms with Crippen LogP contribution >= 0.6 is 15.9 Å². The minimum Gasteiger partial charge on any atom is -0.335 e. The van der Waals surface area contributed by atoms with Gasteiger partial charge in [0.25, 0.3) is 5.91 Å². The summed E-state index contributed by atoms with van der Waals surface area (Å²) in [5, 5.41) is 5.05. The van der Waals surface area contributed by atoms with Crippen molar-refractivity contribution in [2.24, 2.45) is 5.14 Å². The van der Waals surface area contributed by atoms with Crippen molar-refractivity contribution < 1.29 is 13.2 Å². The van der Waals surface area contributed by atoms with Crippen LogP contribution in [0.5, 0.6) is 0 Å². The smallest absolute Gasteiger partial charge is 0.255 e. The molecule has 0 aliphatic carbocycles. The van der Waals surface area contributed by atoms with Crippen molar-refractivity contribution in [3.05, 3.63) is 28.5 Å². The zero-order valence-electron chi connectivity index (χ0n) is 10.1. The number of amides is 1. The minimum absolute atomic E-state index is 0.194. The van der Waals surface area contributed by atoms with Gasteiger partial charge in [-0.2, -0.15) is 0 Å². The number of primary sulfonamides is 1. The molecular formula is C11H14BrN3O3S. The maximum atomic E-state index is 12.3. The Morgan fingerprint density at radius 3 is 2.89 bits per heavy atom. The maximum absolute atomic E-state index is 12.3. The number of sulfonamides is 1. The number of carbonyl (C=O) groups is 1. The Hall–Kier alpha value is -0.990. The molecule has 104 valence electrons. The van der Waals surface area contributed by atoms with Crippen LogP contribution in [0, 0.1) is 0 Å². The summed E-state index contributed by atoms with van der Waals surface area (Å²) in [5.74, 6) is -0.403. The van der Waals surface area contributed by atoms with Crippen LogP contribution in [-0.4, -0.2) is 42.5 Å². The average Bonchev–Trinajstić information content (AvgIpc) is 2.73. The summed E-state index contributed by atoms with van der Waals surface area (Å²) in [4.78, 5) is 17.8. The van der Waals surface area contributed by atoms with Gasteiger partial charge >= 0.3 is 0 Å². The van der Waals surface area contributed by atoms with Gasteiger partial charge in [0.2, 0.25) is 10.0 Å². The van der Waals surface area contributed by atoms with Crippen LogP contribution in [-0.2, 0) is 10.0 Å². The molecule has 1 aliphatic heterocycles. The van der Waals surface area contributed by atoms with Gasteiger partial charge in [-0.15, -0.1) is 0 Å². The number of aromatic nitrogens is 1. The van der Waals surface area contributed by atoms with Crippen molar-refractivity contribution in [2.75, 3.05) is 12.3 Å². The Kier molecular flexibility index (Phi) is 4.22. The number of hydrogen-bond donors (Lipinski definition) is 1. The van der Waals surface area contributed by atoms with Crippen molar-refractivity contribution in [1.29, 1.82) is 0 Å². The number of pyridine rings is 1. The molecule has 8 heteroatoms. The molecule has 0 bridgehead atoms. The Bertz CT molecular complexity index is 591. The van der Waals surface area contributed by atoms with E-state index < -0.39 is 10.0 Å². The van der Waals surface area contributed by atoms with Gasteiger partial charge in [-0.05, 0) is 34.8 Å². The fraction of sp³-hybridized carbons (Fsp3) is 0.455. The number of nitrogens with zero attached hydrogens (tertiary/aromatic N) is 2. The summed E-state index contributed by atoms with van der Waals surface area (Å²) in [5.41, 5.74) is 0.440. The summed E-state index contributed by atoms with van der Waals surface area (Å²) < 4.78 is 23.0. The lowest BCUT2D eigenvalue weighted by Crippen LogP contribution is -2.41. The Labute approximate surface area is 120 Å². The zero-order chi connectivity index (χ0) is 14.0. The highest BCUT2D eigenvalue weighted by molar-refractivity contribution is 9.10. The van der Waals surface area contributed by atoms with Crippen molar-refractivity contribution in [3.63, 3.8) is 0 Å². The second-order valence-electron chi connectivity index (χ2n) is 4.52. The number of rotatable bonds is 3. The molecule has 1 aromatic rings. The summed E-state index contributed by atoms with van der Waals surface area (Å²) in [6.07, 6.45) is 4.50. The second kappa shape index (κ2) is 5.56. The van der Waals surface area contributed by atoms with Crippen LogP contribution in [0.25, 0.3) is 0 Å². The van der Waals surface area contributed by atoms with E-state index in [1.165, 1.54) is 6.20 Å². The second-order valence-corrected chi connectivity index (χ2v) is 7.09. The number of hydrogen-bond acceptors (Lipinski definition) is 4. The zero-order valence-corrected chi connectivity index (χ0v) is 12.5. The molecule has 1 saturated heterocycles. The molecule has 19 heavy (non-hydrogen) atoms. The van der Waals surface area contributed by atoms with Gasteiger partial charge in [-0.3, -0.25) is 9.78 Å². The first kappa shape index (κ1) is 14.4. The van der Waals surface area contributed by atoms with Crippen LogP contribution < -0.4 is 5.14 Å². The van der Waals surface area contributed by atoms with E-state index in [4.69, 9.17) is 5.14 Å². The average molecular weight is 348 g/mol. The SMILES string of the molecule is NS(=O)(=O)CC1CCCN1C(=O)c1cncc(Br)c1. The number of halogens is 1. The molecule has 0 aromatic carbocycles. The third kappa shape index (κ3) is 3.74. The molecule has 0 spiro atoms. The lowest BCUT2D eigenvalue weighted by atomic mass is 10.2. The first-order valence-electron chi connectivity index (χ1n) is 5.79. The normalized spacial score (nSPS) is 19.7. The third-order valence-electron chi connectivity index (χ3n) is 3.01. The van der Waals surface area contributed by atoms with E-state index >= 15 is 0 Å². The van der Waals surface area contributed by atoms with Gasteiger partial charge in [0, 0.05) is 29.5 Å². The summed E-state index contributed by atoms with van der Waals surface area (Å²) in [6.45, 7) is 0.547. The van der Waals surface area contributed by atoms with Crippen LogP contribution in [0.2, 0.25) is 0 Å². The van der Waals surface area contributed by atoms with Crippen LogP contribution in [0.1, 0.15) is 23.2 Å². The molecule has 1 atom stereocenters. The Morgan fingerprint density at radius 1 is 1.53 bits per heavy atom. The molecule has 6 nitrogen and oxygen atoms in total. The van der Waals surface area contributed by atoms with Gasteiger partial charge < -0.3 is 4.90 Å². The summed E-state index contributed by atoms with van der Waals surface area (Å²) >= 11 is 3.25. The fourth-order valence-electron chi connectivity index (χ4n) is 2.24. The number of carbonyl (C=O) groups excluding carboxylic acids is 1. The van der Waals surface area contributed by atoms with Gasteiger partial charge in [0.05, 0.1) is 11.3 Å². The first-order chi connectivity index (χ1) is 8.87. The number of likely N-dealkylation sites (tertiary alicyclic amines) is 1. The van der Waals surface area contributed by atoms with E-state index in [1.54, 1.807) is 17.2 Å². The maximum Gasteiger partial charge on any atom is 0.255 e. The monoisotopic (exact) mass is 347 g/mol. The molecule has 1 amide bonds. The Balaban J connectivity index is 2.18. The van der Waals surface area contributed by atoms with Crippen LogP contribution in [0.4, 0.5) is 0 Å². The highest BCUT2D eigenvalue weighted by Crippen LogP contribution is 2.21. The molecule has 1 unspecified atom stereocenters. The summed E-state index contributed by atoms with van der Waals surface area (Å²) in [7, 11) is -3.58. The third-order valence-corrected chi connectivity index (χ3v) is 4.30. The molecular weight excluding hydrogens is 334 g/mol. The largest absolute Gasteiger partial charge is 0.335 e. The van der Waals surface area contributed by atoms with E-state index in [0.29, 0.717) is 23.0 Å². The van der Waals surface area contributed by atoms with Crippen molar-refractivity contribution in [1.82, 2.24) is 9.88 Å². The molecule has 1 aromatic heterocycles. The minimum atomic E-state index is -3.58. The predicted octanol–water partition coefficient (Wildman–Crippen LogP) is 0.737. The van der Waals surface area contributed by atoms with E-state index in [-0.39, 0.29) is 17.7 Å². The molecule has 2 N–H and O–H groups in total. The molecule has 1 aliphatic rings. The molecule has 1 fully saturated rings. The number of nitrogens with two attached hydrogens (primary N) is 1. The standard InChI is InChI=1S/C11H14BrN3O3S/c12-9-4-8(5-14-6-9)11(16)15-3-1-2-10(15)7-19(13,17)18/h4-6,10H,1-3,7H2,(H2,13,17,18). The molecule has 0 saturated carbocycles. The fourth-order valence-corrected chi connectivity index (χ4v) is 3.49. The molecule has 0 radical (unpaired) electrons. The van der Waals surface area contributed by atoms with E-state index in [1.807, 2.05) is 0 Å². The van der Waals surface area contributed by atoms with Gasteiger partial charge in [-0.1, -0.05) is 0 Å². The van der Waals surface area contributed by atoms with E-state index in [2.05, 4.69) is 20.9 Å². The van der Waals surface area contributed by atoms with Crippen molar-refractivity contribution in [3.8, 4) is 0 Å². The van der Waals surface area contributed by atoms with Crippen LogP contribution in [0.15, 0.2) is 22.9 Å². The lowest BCUT2D eigenvalue weighted by molar-refractivity contribution is 0.0748. The van der Waals surface area contributed by atoms with Gasteiger partial charge in [-0.25, -0.2) is 13.6 Å². The van der Waals surface area contributed by atoms with Crippen molar-refractivity contribution in [2.45, 2.75) is 18.9 Å². The highest BCUT2D eigenvalue weighted by Gasteiger charge is 2.32. The topological polar surface area (TPSA) is 93.4 Å². The first-order valence-corrected chi connectivity index (χ1v) is 8.29. The lowest BCUT2D eigenvalue weighted by Gasteiger charge is -2.23. The van der Waals surface area contributed by atoms with Crippen LogP contribution in [0.3, 0.4) is 0 Å². The van der Waals surface area contributed by atoms with E-state index in [0.717, 1.165) is 6.42 Å². The Morgan fingerprint density at radius 2 is 2.26 bits per heavy atom. The molecule has 2 heterocycles. The highest BCUT2D eigenvalue weighted by atomic mass is 79.9.